The minimum atomic E-state index is 0.543. The van der Waals surface area contributed by atoms with Crippen molar-refractivity contribution in [3.8, 4) is 16.9 Å². The van der Waals surface area contributed by atoms with Crippen molar-refractivity contribution in [2.24, 2.45) is 0 Å². The Balaban J connectivity index is 1.57. The third-order valence-electron chi connectivity index (χ3n) is 3.79. The summed E-state index contributed by atoms with van der Waals surface area (Å²) in [5.74, 6) is 0.543. The van der Waals surface area contributed by atoms with Crippen LogP contribution in [0, 0.1) is 0 Å². The third-order valence-corrected chi connectivity index (χ3v) is 3.79. The van der Waals surface area contributed by atoms with Gasteiger partial charge in [-0.05, 0) is 42.5 Å². The second-order valence-electron chi connectivity index (χ2n) is 5.53. The molecule has 0 fully saturated rings. The maximum atomic E-state index is 5.70. The molecule has 3 N–H and O–H groups in total. The molecule has 0 unspecified atom stereocenters. The van der Waals surface area contributed by atoms with Crippen LogP contribution in [0.1, 0.15) is 0 Å². The zero-order chi connectivity index (χ0) is 17.1. The van der Waals surface area contributed by atoms with Gasteiger partial charge < -0.3 is 15.6 Å². The average Bonchev–Trinajstić information content (AvgIpc) is 3.19. The maximum Gasteiger partial charge on any atom is 0.227 e. The van der Waals surface area contributed by atoms with E-state index in [0.717, 1.165) is 28.3 Å². The van der Waals surface area contributed by atoms with Crippen LogP contribution < -0.4 is 11.1 Å². The summed E-state index contributed by atoms with van der Waals surface area (Å²) in [5, 5.41) is 3.18. The number of anilines is 3. The van der Waals surface area contributed by atoms with Gasteiger partial charge in [-0.3, -0.25) is 0 Å². The molecule has 0 saturated carbocycles. The molecule has 0 bridgehead atoms. The van der Waals surface area contributed by atoms with E-state index in [2.05, 4.69) is 20.3 Å². The van der Waals surface area contributed by atoms with E-state index in [1.807, 2.05) is 65.4 Å². The monoisotopic (exact) mass is 328 g/mol. The van der Waals surface area contributed by atoms with Crippen molar-refractivity contribution in [1.82, 2.24) is 19.5 Å². The lowest BCUT2D eigenvalue weighted by Gasteiger charge is -2.08. The van der Waals surface area contributed by atoms with Crippen LogP contribution >= 0.6 is 0 Å². The van der Waals surface area contributed by atoms with E-state index in [-0.39, 0.29) is 0 Å². The van der Waals surface area contributed by atoms with E-state index in [0.29, 0.717) is 5.95 Å². The van der Waals surface area contributed by atoms with Gasteiger partial charge in [0.2, 0.25) is 5.95 Å². The van der Waals surface area contributed by atoms with Crippen molar-refractivity contribution in [2.75, 3.05) is 11.1 Å². The average molecular weight is 328 g/mol. The van der Waals surface area contributed by atoms with Crippen LogP contribution in [0.3, 0.4) is 0 Å². The van der Waals surface area contributed by atoms with Gasteiger partial charge in [-0.25, -0.2) is 15.0 Å². The van der Waals surface area contributed by atoms with Crippen molar-refractivity contribution in [1.29, 1.82) is 0 Å². The Bertz CT molecular complexity index is 960. The largest absolute Gasteiger partial charge is 0.399 e. The van der Waals surface area contributed by atoms with Crippen molar-refractivity contribution in [3.63, 3.8) is 0 Å². The van der Waals surface area contributed by atoms with Gasteiger partial charge >= 0.3 is 0 Å². The molecule has 0 aliphatic rings. The molecule has 2 aromatic carbocycles. The molecule has 0 aliphatic carbocycles. The minimum Gasteiger partial charge on any atom is -0.399 e. The lowest BCUT2D eigenvalue weighted by atomic mass is 10.1. The lowest BCUT2D eigenvalue weighted by Crippen LogP contribution is -1.98. The van der Waals surface area contributed by atoms with Crippen molar-refractivity contribution in [2.45, 2.75) is 0 Å². The number of aromatic nitrogens is 4. The van der Waals surface area contributed by atoms with Gasteiger partial charge in [-0.2, -0.15) is 0 Å². The highest BCUT2D eigenvalue weighted by Gasteiger charge is 2.04. The van der Waals surface area contributed by atoms with Crippen LogP contribution in [0.15, 0.2) is 79.5 Å². The van der Waals surface area contributed by atoms with Gasteiger partial charge in [-0.1, -0.05) is 12.1 Å². The van der Waals surface area contributed by atoms with Gasteiger partial charge in [-0.15, -0.1) is 0 Å². The smallest absolute Gasteiger partial charge is 0.227 e. The van der Waals surface area contributed by atoms with Crippen LogP contribution in [0.2, 0.25) is 0 Å². The summed E-state index contributed by atoms with van der Waals surface area (Å²) in [6, 6.07) is 17.5. The zero-order valence-corrected chi connectivity index (χ0v) is 13.4. The Hall–Kier alpha value is -3.67. The van der Waals surface area contributed by atoms with Crippen LogP contribution in [0.5, 0.6) is 0 Å². The standard InChI is InChI=1S/C19H16N6/c20-15-3-5-16(6-4-15)23-19-22-10-9-18(24-19)14-1-7-17(8-2-14)25-12-11-21-13-25/h1-13H,20H2,(H,22,23,24). The normalized spacial score (nSPS) is 10.6. The summed E-state index contributed by atoms with van der Waals surface area (Å²) in [4.78, 5) is 12.9. The summed E-state index contributed by atoms with van der Waals surface area (Å²) < 4.78 is 1.96. The Morgan fingerprint density at radius 2 is 1.68 bits per heavy atom. The van der Waals surface area contributed by atoms with Crippen molar-refractivity contribution < 1.29 is 0 Å². The van der Waals surface area contributed by atoms with Crippen molar-refractivity contribution in [3.05, 3.63) is 79.5 Å². The highest BCUT2D eigenvalue weighted by Crippen LogP contribution is 2.21. The fourth-order valence-corrected chi connectivity index (χ4v) is 2.49. The second-order valence-corrected chi connectivity index (χ2v) is 5.53. The molecule has 0 saturated heterocycles. The predicted octanol–water partition coefficient (Wildman–Crippen LogP) is 3.66. The van der Waals surface area contributed by atoms with Gasteiger partial charge in [0.15, 0.2) is 0 Å². The Morgan fingerprint density at radius 3 is 2.40 bits per heavy atom. The molecule has 4 aromatic rings. The first-order chi connectivity index (χ1) is 12.3. The number of nitrogen functional groups attached to an aromatic ring is 1. The van der Waals surface area contributed by atoms with Crippen LogP contribution in [0.4, 0.5) is 17.3 Å². The number of hydrogen-bond acceptors (Lipinski definition) is 5. The summed E-state index contributed by atoms with van der Waals surface area (Å²) in [7, 11) is 0. The predicted molar refractivity (Wildman–Crippen MR) is 98.7 cm³/mol. The number of benzene rings is 2. The molecule has 0 atom stereocenters. The molecule has 122 valence electrons. The third kappa shape index (κ3) is 3.32. The summed E-state index contributed by atoms with van der Waals surface area (Å²) in [6.07, 6.45) is 7.18. The number of nitrogens with two attached hydrogens (primary N) is 1. The molecular formula is C19H16N6. The Kier molecular flexibility index (Phi) is 3.84. The molecule has 2 aromatic heterocycles. The molecule has 4 rings (SSSR count). The Labute approximate surface area is 145 Å². The second kappa shape index (κ2) is 6.45. The van der Waals surface area contributed by atoms with E-state index in [9.17, 15) is 0 Å². The minimum absolute atomic E-state index is 0.543. The molecule has 25 heavy (non-hydrogen) atoms. The van der Waals surface area contributed by atoms with Gasteiger partial charge in [0, 0.05) is 41.2 Å². The Morgan fingerprint density at radius 1 is 0.880 bits per heavy atom. The summed E-state index contributed by atoms with van der Waals surface area (Å²) >= 11 is 0. The SMILES string of the molecule is Nc1ccc(Nc2nccc(-c3ccc(-n4ccnc4)cc3)n2)cc1. The molecule has 6 nitrogen and oxygen atoms in total. The molecule has 0 spiro atoms. The van der Waals surface area contributed by atoms with Crippen LogP contribution in [-0.2, 0) is 0 Å². The first-order valence-corrected chi connectivity index (χ1v) is 7.82. The van der Waals surface area contributed by atoms with E-state index in [1.54, 1.807) is 18.7 Å². The topological polar surface area (TPSA) is 81.6 Å². The quantitative estimate of drug-likeness (QED) is 0.559. The molecule has 2 heterocycles. The highest BCUT2D eigenvalue weighted by atomic mass is 15.1. The zero-order valence-electron chi connectivity index (χ0n) is 13.4. The van der Waals surface area contributed by atoms with E-state index < -0.39 is 0 Å². The molecule has 6 heteroatoms. The first-order valence-electron chi connectivity index (χ1n) is 7.82. The van der Waals surface area contributed by atoms with Gasteiger partial charge in [0.25, 0.3) is 0 Å². The number of hydrogen-bond donors (Lipinski definition) is 2. The lowest BCUT2D eigenvalue weighted by molar-refractivity contribution is 1.06. The highest BCUT2D eigenvalue weighted by molar-refractivity contribution is 5.63. The van der Waals surface area contributed by atoms with Gasteiger partial charge in [0.05, 0.1) is 12.0 Å². The molecule has 0 amide bonds. The molecule has 0 aliphatic heterocycles. The molecule has 0 radical (unpaired) electrons. The first kappa shape index (κ1) is 14.9. The maximum absolute atomic E-state index is 5.70. The summed E-state index contributed by atoms with van der Waals surface area (Å²) in [6.45, 7) is 0. The fraction of sp³-hybridized carbons (Fsp3) is 0. The number of nitrogens with one attached hydrogen (secondary N) is 1. The van der Waals surface area contributed by atoms with Crippen LogP contribution in [0.25, 0.3) is 16.9 Å². The number of nitrogens with zero attached hydrogens (tertiary/aromatic N) is 4. The van der Waals surface area contributed by atoms with E-state index in [1.165, 1.54) is 0 Å². The van der Waals surface area contributed by atoms with Crippen LogP contribution in [-0.4, -0.2) is 19.5 Å². The fourth-order valence-electron chi connectivity index (χ4n) is 2.49. The van der Waals surface area contributed by atoms with E-state index >= 15 is 0 Å². The van der Waals surface area contributed by atoms with Gasteiger partial charge in [0.1, 0.15) is 0 Å². The summed E-state index contributed by atoms with van der Waals surface area (Å²) in [5.41, 5.74) is 10.2. The number of rotatable bonds is 4. The van der Waals surface area contributed by atoms with E-state index in [4.69, 9.17) is 5.73 Å². The molecular weight excluding hydrogens is 312 g/mol. The number of imidazole rings is 1. The van der Waals surface area contributed by atoms with Crippen molar-refractivity contribution >= 4 is 17.3 Å².